The molecule has 0 aliphatic carbocycles. The van der Waals surface area contributed by atoms with Crippen molar-refractivity contribution in [1.82, 2.24) is 34.9 Å². The van der Waals surface area contributed by atoms with Crippen LogP contribution >= 0.6 is 0 Å². The van der Waals surface area contributed by atoms with Gasteiger partial charge in [-0.15, -0.1) is 0 Å². The second-order valence-electron chi connectivity index (χ2n) is 28.6. The largest absolute Gasteiger partial charge is 0.456 e. The summed E-state index contributed by atoms with van der Waals surface area (Å²) in [6, 6.07) is 137. The van der Waals surface area contributed by atoms with Gasteiger partial charge < -0.3 is 8.83 Å². The molecule has 9 heteroatoms. The van der Waals surface area contributed by atoms with Gasteiger partial charge in [0.05, 0.1) is 33.8 Å². The zero-order valence-corrected chi connectivity index (χ0v) is 61.5. The molecule has 16 aromatic carbocycles. The first-order valence-corrected chi connectivity index (χ1v) is 38.2. The van der Waals surface area contributed by atoms with E-state index in [0.29, 0.717) is 23.3 Å². The molecule has 0 atom stereocenters. The summed E-state index contributed by atoms with van der Waals surface area (Å²) in [5.41, 5.74) is 26.2. The Hall–Kier alpha value is -15.5. The van der Waals surface area contributed by atoms with Crippen LogP contribution < -0.4 is 0 Å². The maximum Gasteiger partial charge on any atom is 0.164 e. The standard InChI is InChI=1S/C53H33N3O.C52H32N4O/c1-4-13-35(14-5-1)41-20-12-21-43-51(41)42-19-10-11-22-46(42)54-52(43)37-25-23-34(24-26-37)39-27-29-49-44(31-39)45-32-40(28-30-50(45)57-49)48-33-47(36-15-6-2-7-16-36)55-53(56-48)38-17-8-3-9-18-38;1-4-13-34(14-5-1)40-20-12-21-42-48(40)41-19-10-11-22-45(41)53-49(42)35-25-23-33(24-26-35)38-27-29-46-43(31-38)44-32-39(28-30-47(44)57-46)52-55-50(36-15-6-2-7-16-36)54-51(56-52)37-17-8-3-9-18-37/h1-33H;1-32H. The fourth-order valence-electron chi connectivity index (χ4n) is 16.0. The molecule has 0 saturated heterocycles. The van der Waals surface area contributed by atoms with Gasteiger partial charge in [-0.1, -0.05) is 315 Å². The van der Waals surface area contributed by atoms with Gasteiger partial charge in [0.15, 0.2) is 23.3 Å². The van der Waals surface area contributed by atoms with Crippen LogP contribution in [0.25, 0.3) is 222 Å². The van der Waals surface area contributed by atoms with Gasteiger partial charge in [0, 0.05) is 98.4 Å². The molecular weight excluding hydrogens is 1390 g/mol. The van der Waals surface area contributed by atoms with E-state index in [1.807, 2.05) is 109 Å². The van der Waals surface area contributed by atoms with Gasteiger partial charge in [-0.2, -0.15) is 0 Å². The highest BCUT2D eigenvalue weighted by Crippen LogP contribution is 2.44. The summed E-state index contributed by atoms with van der Waals surface area (Å²) in [4.78, 5) is 35.3. The quantitative estimate of drug-likeness (QED) is 0.110. The molecule has 532 valence electrons. The molecule has 9 nitrogen and oxygen atoms in total. The van der Waals surface area contributed by atoms with Crippen molar-refractivity contribution < 1.29 is 8.83 Å². The molecule has 0 aliphatic rings. The van der Waals surface area contributed by atoms with Gasteiger partial charge in [-0.25, -0.2) is 34.9 Å². The number of furan rings is 2. The SMILES string of the molecule is c1ccc(-c2cc(-c3ccc4oc5ccc(-c6ccc(-c7nc8ccccc8c8c(-c9ccccc9)cccc78)cc6)cc5c4c3)nc(-c3ccccc3)n2)cc1.c1ccc(-c2nc(-c3ccccc3)nc(-c3ccc4oc5ccc(-c6ccc(-c7nc8ccccc8c8c(-c9ccccc9)cccc78)cc6)cc5c4c3)n2)cc1. The highest BCUT2D eigenvalue weighted by molar-refractivity contribution is 6.19. The highest BCUT2D eigenvalue weighted by Gasteiger charge is 2.21. The minimum atomic E-state index is 0.608. The van der Waals surface area contributed by atoms with Gasteiger partial charge in [0.2, 0.25) is 0 Å². The summed E-state index contributed by atoms with van der Waals surface area (Å²) >= 11 is 0. The van der Waals surface area contributed by atoms with Crippen molar-refractivity contribution in [2.24, 2.45) is 0 Å². The Kier molecular flexibility index (Phi) is 16.7. The summed E-state index contributed by atoms with van der Waals surface area (Å²) in [6.07, 6.45) is 0. The molecule has 22 rings (SSSR count). The first-order chi connectivity index (χ1) is 56.5. The van der Waals surface area contributed by atoms with E-state index in [1.165, 1.54) is 33.0 Å². The Morgan fingerprint density at radius 1 is 0.158 bits per heavy atom. The van der Waals surface area contributed by atoms with Crippen molar-refractivity contribution in [3.63, 3.8) is 0 Å². The number of pyridine rings is 2. The number of para-hydroxylation sites is 2. The summed E-state index contributed by atoms with van der Waals surface area (Å²) in [7, 11) is 0. The van der Waals surface area contributed by atoms with Crippen LogP contribution in [0, 0.1) is 0 Å². The van der Waals surface area contributed by atoms with Crippen molar-refractivity contribution in [3.8, 4) is 135 Å². The van der Waals surface area contributed by atoms with Crippen LogP contribution in [0.5, 0.6) is 0 Å². The molecule has 0 amide bonds. The smallest absolute Gasteiger partial charge is 0.164 e. The van der Waals surface area contributed by atoms with Crippen LogP contribution in [0.3, 0.4) is 0 Å². The molecule has 0 unspecified atom stereocenters. The van der Waals surface area contributed by atoms with Crippen molar-refractivity contribution in [1.29, 1.82) is 0 Å². The number of fused-ring (bicyclic) bond motifs is 12. The van der Waals surface area contributed by atoms with E-state index >= 15 is 0 Å². The van der Waals surface area contributed by atoms with Crippen LogP contribution in [0.1, 0.15) is 0 Å². The molecule has 0 saturated carbocycles. The van der Waals surface area contributed by atoms with Crippen molar-refractivity contribution in [2.75, 3.05) is 0 Å². The lowest BCUT2D eigenvalue weighted by Gasteiger charge is -2.14. The molecule has 0 spiro atoms. The monoisotopic (exact) mass is 1460 g/mol. The lowest BCUT2D eigenvalue weighted by atomic mass is 9.92. The molecular formula is C105H65N7O2. The number of hydrogen-bond acceptors (Lipinski definition) is 9. The molecule has 0 aliphatic heterocycles. The molecule has 6 heterocycles. The Morgan fingerprint density at radius 2 is 0.447 bits per heavy atom. The van der Waals surface area contributed by atoms with E-state index in [9.17, 15) is 0 Å². The fraction of sp³-hybridized carbons (Fsp3) is 0. The van der Waals surface area contributed by atoms with Crippen molar-refractivity contribution >= 4 is 87.2 Å². The van der Waals surface area contributed by atoms with Crippen LogP contribution in [0.4, 0.5) is 0 Å². The lowest BCUT2D eigenvalue weighted by molar-refractivity contribution is 0.668. The normalized spacial score (nSPS) is 11.5. The molecule has 6 aromatic heterocycles. The zero-order valence-electron chi connectivity index (χ0n) is 61.5. The average Bonchev–Trinajstić information content (AvgIpc) is 0.999. The summed E-state index contributed by atoms with van der Waals surface area (Å²) in [5, 5.41) is 11.2. The number of hydrogen-bond donors (Lipinski definition) is 0. The van der Waals surface area contributed by atoms with Crippen LogP contribution in [-0.2, 0) is 0 Å². The second-order valence-corrected chi connectivity index (χ2v) is 28.6. The van der Waals surface area contributed by atoms with E-state index in [0.717, 1.165) is 166 Å². The third kappa shape index (κ3) is 12.4. The third-order valence-electron chi connectivity index (χ3n) is 21.6. The van der Waals surface area contributed by atoms with Crippen molar-refractivity contribution in [3.05, 3.63) is 394 Å². The maximum absolute atomic E-state index is 6.37. The Morgan fingerprint density at radius 3 is 0.860 bits per heavy atom. The Balaban J connectivity index is 0.000000143. The number of rotatable bonds is 12. The number of benzene rings is 16. The Bertz CT molecular complexity index is 6860. The molecule has 0 bridgehead atoms. The summed E-state index contributed by atoms with van der Waals surface area (Å²) in [5.74, 6) is 2.56. The molecule has 114 heavy (non-hydrogen) atoms. The Labute approximate surface area is 656 Å². The topological polar surface area (TPSA) is 117 Å². The average molecular weight is 1460 g/mol. The fourth-order valence-corrected chi connectivity index (χ4v) is 16.0. The van der Waals surface area contributed by atoms with Gasteiger partial charge >= 0.3 is 0 Å². The number of nitrogens with zero attached hydrogens (tertiary/aromatic N) is 7. The molecule has 22 aromatic rings. The molecule has 0 fully saturated rings. The first kappa shape index (κ1) is 66.7. The zero-order chi connectivity index (χ0) is 75.4. The van der Waals surface area contributed by atoms with Gasteiger partial charge in [0.25, 0.3) is 0 Å². The third-order valence-corrected chi connectivity index (χ3v) is 21.6. The van der Waals surface area contributed by atoms with Crippen molar-refractivity contribution in [2.45, 2.75) is 0 Å². The van der Waals surface area contributed by atoms with Crippen LogP contribution in [0.2, 0.25) is 0 Å². The minimum Gasteiger partial charge on any atom is -0.456 e. The molecule has 0 N–H and O–H groups in total. The minimum absolute atomic E-state index is 0.608. The van der Waals surface area contributed by atoms with Gasteiger partial charge in [-0.3, -0.25) is 0 Å². The van der Waals surface area contributed by atoms with Crippen LogP contribution in [0.15, 0.2) is 403 Å². The van der Waals surface area contributed by atoms with E-state index in [-0.39, 0.29) is 0 Å². The lowest BCUT2D eigenvalue weighted by Crippen LogP contribution is -2.00. The van der Waals surface area contributed by atoms with Crippen LogP contribution in [-0.4, -0.2) is 34.9 Å². The van der Waals surface area contributed by atoms with Gasteiger partial charge in [0.1, 0.15) is 22.3 Å². The first-order valence-electron chi connectivity index (χ1n) is 38.2. The highest BCUT2D eigenvalue weighted by atomic mass is 16.3. The second kappa shape index (κ2) is 28.5. The molecule has 0 radical (unpaired) electrons. The number of aromatic nitrogens is 7. The predicted octanol–water partition coefficient (Wildman–Crippen LogP) is 27.6. The summed E-state index contributed by atoms with van der Waals surface area (Å²) < 4.78 is 12.7. The van der Waals surface area contributed by atoms with E-state index in [4.69, 9.17) is 43.7 Å². The maximum atomic E-state index is 6.37. The van der Waals surface area contributed by atoms with E-state index in [2.05, 4.69) is 285 Å². The summed E-state index contributed by atoms with van der Waals surface area (Å²) in [6.45, 7) is 0. The predicted molar refractivity (Wildman–Crippen MR) is 467 cm³/mol. The van der Waals surface area contributed by atoms with E-state index < -0.39 is 0 Å². The van der Waals surface area contributed by atoms with Gasteiger partial charge in [-0.05, 0) is 123 Å². The van der Waals surface area contributed by atoms with E-state index in [1.54, 1.807) is 0 Å².